The number of benzene rings is 1. The van der Waals surface area contributed by atoms with E-state index in [4.69, 9.17) is 4.74 Å². The van der Waals surface area contributed by atoms with Crippen LogP contribution in [-0.2, 0) is 11.2 Å². The van der Waals surface area contributed by atoms with Gasteiger partial charge in [-0.25, -0.2) is 4.99 Å². The molecule has 3 atom stereocenters. The molecule has 1 aromatic rings. The highest BCUT2D eigenvalue weighted by molar-refractivity contribution is 9.10. The van der Waals surface area contributed by atoms with Crippen molar-refractivity contribution >= 4 is 21.8 Å². The lowest BCUT2D eigenvalue weighted by atomic mass is 9.91. The fourth-order valence-electron chi connectivity index (χ4n) is 2.67. The molecule has 0 saturated heterocycles. The van der Waals surface area contributed by atoms with E-state index in [2.05, 4.69) is 33.1 Å². The van der Waals surface area contributed by atoms with Crippen molar-refractivity contribution in [3.63, 3.8) is 0 Å². The fourth-order valence-corrected chi connectivity index (χ4v) is 3.11. The number of aliphatic hydroxyl groups is 1. The molecule has 3 unspecified atom stereocenters. The maximum atomic E-state index is 9.63. The number of aliphatic imine (C=N–C) groups is 1. The number of nitrogens with zero attached hydrogens (tertiary/aromatic N) is 1. The van der Waals surface area contributed by atoms with Gasteiger partial charge in [0.15, 0.2) is 5.90 Å². The first-order valence-electron chi connectivity index (χ1n) is 6.36. The Morgan fingerprint density at radius 1 is 1.39 bits per heavy atom. The van der Waals surface area contributed by atoms with E-state index < -0.39 is 0 Å². The summed E-state index contributed by atoms with van der Waals surface area (Å²) < 4.78 is 6.93. The first-order valence-corrected chi connectivity index (χ1v) is 7.16. The standard InChI is InChI=1S/C14H16BrNO2/c15-10-3-1-2-9(6-10)7-14-16-12-5-4-11(17)8-13(12)18-14/h1-3,6,11-13,17H,4-5,7-8H2. The Balaban J connectivity index is 1.68. The summed E-state index contributed by atoms with van der Waals surface area (Å²) in [6, 6.07) is 8.45. The van der Waals surface area contributed by atoms with Crippen molar-refractivity contribution in [3.8, 4) is 0 Å². The Hall–Kier alpha value is -0.870. The van der Waals surface area contributed by atoms with Gasteiger partial charge in [-0.3, -0.25) is 0 Å². The largest absolute Gasteiger partial charge is 0.475 e. The predicted molar refractivity (Wildman–Crippen MR) is 73.8 cm³/mol. The first kappa shape index (κ1) is 12.2. The van der Waals surface area contributed by atoms with E-state index >= 15 is 0 Å². The Bertz CT molecular complexity index is 475. The molecule has 0 bridgehead atoms. The number of hydrogen-bond acceptors (Lipinski definition) is 3. The average molecular weight is 310 g/mol. The van der Waals surface area contributed by atoms with Crippen LogP contribution in [0.15, 0.2) is 33.7 Å². The van der Waals surface area contributed by atoms with Gasteiger partial charge >= 0.3 is 0 Å². The molecule has 0 aromatic heterocycles. The van der Waals surface area contributed by atoms with Crippen molar-refractivity contribution in [2.24, 2.45) is 4.99 Å². The molecule has 3 nitrogen and oxygen atoms in total. The van der Waals surface area contributed by atoms with E-state index in [1.807, 2.05) is 12.1 Å². The zero-order chi connectivity index (χ0) is 12.5. The van der Waals surface area contributed by atoms with Crippen LogP contribution in [0, 0.1) is 0 Å². The molecular formula is C14H16BrNO2. The molecule has 0 spiro atoms. The minimum atomic E-state index is -0.216. The normalized spacial score (nSPS) is 30.6. The summed E-state index contributed by atoms with van der Waals surface area (Å²) in [4.78, 5) is 4.64. The van der Waals surface area contributed by atoms with E-state index in [1.54, 1.807) is 0 Å². The smallest absolute Gasteiger partial charge is 0.188 e. The minimum absolute atomic E-state index is 0.0934. The predicted octanol–water partition coefficient (Wildman–Crippen LogP) is 2.70. The Morgan fingerprint density at radius 2 is 2.28 bits per heavy atom. The van der Waals surface area contributed by atoms with Crippen molar-refractivity contribution in [2.45, 2.75) is 43.9 Å². The first-order chi connectivity index (χ1) is 8.70. The minimum Gasteiger partial charge on any atom is -0.475 e. The van der Waals surface area contributed by atoms with Gasteiger partial charge < -0.3 is 9.84 Å². The monoisotopic (exact) mass is 309 g/mol. The molecule has 1 heterocycles. The number of fused-ring (bicyclic) bond motifs is 1. The lowest BCUT2D eigenvalue weighted by Crippen LogP contribution is -2.33. The molecule has 1 aromatic carbocycles. The average Bonchev–Trinajstić information content (AvgIpc) is 2.70. The van der Waals surface area contributed by atoms with Crippen LogP contribution in [0.25, 0.3) is 0 Å². The molecule has 1 aliphatic heterocycles. The van der Waals surface area contributed by atoms with Gasteiger partial charge in [0.2, 0.25) is 0 Å². The van der Waals surface area contributed by atoms with Crippen LogP contribution in [0.1, 0.15) is 24.8 Å². The molecule has 4 heteroatoms. The fraction of sp³-hybridized carbons (Fsp3) is 0.500. The van der Waals surface area contributed by atoms with E-state index in [0.717, 1.165) is 36.1 Å². The number of ether oxygens (including phenoxy) is 1. The highest BCUT2D eigenvalue weighted by atomic mass is 79.9. The van der Waals surface area contributed by atoms with Gasteiger partial charge in [-0.05, 0) is 30.5 Å². The Labute approximate surface area is 115 Å². The van der Waals surface area contributed by atoms with Crippen molar-refractivity contribution in [3.05, 3.63) is 34.3 Å². The molecule has 1 saturated carbocycles. The highest BCUT2D eigenvalue weighted by Gasteiger charge is 2.36. The summed E-state index contributed by atoms with van der Waals surface area (Å²) in [5.74, 6) is 0.817. The third-order valence-electron chi connectivity index (χ3n) is 3.57. The van der Waals surface area contributed by atoms with Crippen molar-refractivity contribution in [2.75, 3.05) is 0 Å². The second-order valence-electron chi connectivity index (χ2n) is 5.02. The van der Waals surface area contributed by atoms with Gasteiger partial charge in [-0.15, -0.1) is 0 Å². The van der Waals surface area contributed by atoms with Crippen LogP contribution >= 0.6 is 15.9 Å². The molecule has 0 amide bonds. The molecule has 1 fully saturated rings. The van der Waals surface area contributed by atoms with Crippen LogP contribution in [0.2, 0.25) is 0 Å². The SMILES string of the molecule is OC1CCC2N=C(Cc3cccc(Br)c3)OC2C1. The van der Waals surface area contributed by atoms with Crippen LogP contribution < -0.4 is 0 Å². The van der Waals surface area contributed by atoms with Crippen molar-refractivity contribution < 1.29 is 9.84 Å². The van der Waals surface area contributed by atoms with Crippen molar-refractivity contribution in [1.82, 2.24) is 0 Å². The zero-order valence-electron chi connectivity index (χ0n) is 10.1. The van der Waals surface area contributed by atoms with Crippen LogP contribution in [0.5, 0.6) is 0 Å². The Morgan fingerprint density at radius 3 is 3.11 bits per heavy atom. The molecule has 0 radical (unpaired) electrons. The third-order valence-corrected chi connectivity index (χ3v) is 4.06. The molecule has 3 rings (SSSR count). The number of hydrogen-bond donors (Lipinski definition) is 1. The van der Waals surface area contributed by atoms with Gasteiger partial charge in [-0.2, -0.15) is 0 Å². The number of rotatable bonds is 2. The molecule has 18 heavy (non-hydrogen) atoms. The second-order valence-corrected chi connectivity index (χ2v) is 5.94. The van der Waals surface area contributed by atoms with Gasteiger partial charge in [0.25, 0.3) is 0 Å². The molecule has 96 valence electrons. The number of halogens is 1. The highest BCUT2D eigenvalue weighted by Crippen LogP contribution is 2.29. The molecule has 2 aliphatic rings. The summed E-state index contributed by atoms with van der Waals surface area (Å²) in [5.41, 5.74) is 1.20. The topological polar surface area (TPSA) is 41.8 Å². The van der Waals surface area contributed by atoms with Gasteiger partial charge in [0, 0.05) is 17.3 Å². The lowest BCUT2D eigenvalue weighted by Gasteiger charge is -2.26. The quantitative estimate of drug-likeness (QED) is 0.912. The van der Waals surface area contributed by atoms with E-state index in [-0.39, 0.29) is 18.2 Å². The van der Waals surface area contributed by atoms with Crippen molar-refractivity contribution in [1.29, 1.82) is 0 Å². The maximum absolute atomic E-state index is 9.63. The van der Waals surface area contributed by atoms with E-state index in [9.17, 15) is 5.11 Å². The van der Waals surface area contributed by atoms with Crippen LogP contribution in [0.3, 0.4) is 0 Å². The summed E-state index contributed by atoms with van der Waals surface area (Å²) in [7, 11) is 0. The number of aliphatic hydroxyl groups excluding tert-OH is 1. The van der Waals surface area contributed by atoms with Crippen LogP contribution in [-0.4, -0.2) is 29.3 Å². The third kappa shape index (κ3) is 2.59. The Kier molecular flexibility index (Phi) is 3.39. The van der Waals surface area contributed by atoms with Gasteiger partial charge in [0.05, 0.1) is 12.1 Å². The lowest BCUT2D eigenvalue weighted by molar-refractivity contribution is 0.0497. The van der Waals surface area contributed by atoms with Gasteiger partial charge in [-0.1, -0.05) is 28.1 Å². The summed E-state index contributed by atoms with van der Waals surface area (Å²) in [5, 5.41) is 9.63. The van der Waals surface area contributed by atoms with Crippen LogP contribution in [0.4, 0.5) is 0 Å². The summed E-state index contributed by atoms with van der Waals surface area (Å²) in [6.07, 6.45) is 3.12. The maximum Gasteiger partial charge on any atom is 0.188 e. The van der Waals surface area contributed by atoms with E-state index in [0.29, 0.717) is 0 Å². The van der Waals surface area contributed by atoms with E-state index in [1.165, 1.54) is 5.56 Å². The summed E-state index contributed by atoms with van der Waals surface area (Å²) >= 11 is 3.47. The van der Waals surface area contributed by atoms with Gasteiger partial charge in [0.1, 0.15) is 6.10 Å². The zero-order valence-corrected chi connectivity index (χ0v) is 11.6. The molecule has 1 aliphatic carbocycles. The molecule has 1 N–H and O–H groups in total. The molecular weight excluding hydrogens is 294 g/mol. The summed E-state index contributed by atoms with van der Waals surface area (Å²) in [6.45, 7) is 0. The second kappa shape index (κ2) is 5.02.